The molecule has 5 heterocycles. The van der Waals surface area contributed by atoms with E-state index in [9.17, 15) is 0 Å². The van der Waals surface area contributed by atoms with Gasteiger partial charge in [0.25, 0.3) is 0 Å². The Labute approximate surface area is 233 Å². The molecule has 4 fully saturated rings. The van der Waals surface area contributed by atoms with E-state index in [1.807, 2.05) is 0 Å². The highest BCUT2D eigenvalue weighted by Crippen LogP contribution is 2.39. The molecule has 4 saturated heterocycles. The van der Waals surface area contributed by atoms with Crippen LogP contribution >= 0.6 is 0 Å². The number of allylic oxidation sites excluding steroid dienone is 8. The lowest BCUT2D eigenvalue weighted by molar-refractivity contribution is 0.482. The Balaban J connectivity index is 1.20. The molecule has 12 atom stereocenters. The van der Waals surface area contributed by atoms with Gasteiger partial charge in [0.1, 0.15) is 48.0 Å². The fourth-order valence-electron chi connectivity index (χ4n) is 7.75. The van der Waals surface area contributed by atoms with Crippen LogP contribution in [0.25, 0.3) is 0 Å². The molecule has 9 rings (SSSR count). The fraction of sp³-hybridized carbons (Fsp3) is 0.375. The molecule has 4 aliphatic carbocycles. The summed E-state index contributed by atoms with van der Waals surface area (Å²) in [6.07, 6.45) is 34.9. The van der Waals surface area contributed by atoms with E-state index in [1.165, 1.54) is 0 Å². The van der Waals surface area contributed by atoms with E-state index in [2.05, 4.69) is 118 Å². The molecule has 8 heteroatoms. The number of nitrogens with one attached hydrogen (secondary N) is 4. The molecule has 12 unspecified atom stereocenters. The Morgan fingerprint density at radius 1 is 0.375 bits per heavy atom. The summed E-state index contributed by atoms with van der Waals surface area (Å²) >= 11 is 0. The Hall–Kier alpha value is -4.04. The van der Waals surface area contributed by atoms with Crippen LogP contribution in [0, 0.1) is 47.3 Å². The number of hydrogen-bond acceptors (Lipinski definition) is 8. The van der Waals surface area contributed by atoms with Gasteiger partial charge in [0.05, 0.1) is 0 Å². The smallest absolute Gasteiger partial charge is 0.128 e. The largest absolute Gasteiger partial charge is 0.351 e. The molecule has 0 amide bonds. The Kier molecular flexibility index (Phi) is 4.96. The van der Waals surface area contributed by atoms with Gasteiger partial charge in [0.2, 0.25) is 0 Å². The first-order valence-electron chi connectivity index (χ1n) is 14.6. The van der Waals surface area contributed by atoms with Crippen LogP contribution in [-0.4, -0.2) is 48.0 Å². The second kappa shape index (κ2) is 8.73. The highest BCUT2D eigenvalue weighted by molar-refractivity contribution is 6.12. The molecule has 0 radical (unpaired) electrons. The Morgan fingerprint density at radius 2 is 0.750 bits per heavy atom. The van der Waals surface area contributed by atoms with E-state index in [1.54, 1.807) is 0 Å². The van der Waals surface area contributed by atoms with Gasteiger partial charge in [-0.3, -0.25) is 15.3 Å². The summed E-state index contributed by atoms with van der Waals surface area (Å²) in [7, 11) is 0. The number of fused-ring (bicyclic) bond motifs is 20. The lowest BCUT2D eigenvalue weighted by atomic mass is 9.87. The van der Waals surface area contributed by atoms with Crippen molar-refractivity contribution < 1.29 is 0 Å². The number of aliphatic imine (C=N–C) groups is 4. The lowest BCUT2D eigenvalue weighted by Gasteiger charge is -2.20. The normalized spacial score (nSPS) is 51.0. The summed E-state index contributed by atoms with van der Waals surface area (Å²) in [5.41, 5.74) is 0. The summed E-state index contributed by atoms with van der Waals surface area (Å²) in [5, 5.41) is 14.9. The van der Waals surface area contributed by atoms with Crippen LogP contribution in [0.2, 0.25) is 0 Å². The molecule has 0 aromatic rings. The zero-order valence-electron chi connectivity index (χ0n) is 22.0. The monoisotopic (exact) mass is 528 g/mol. The van der Waals surface area contributed by atoms with E-state index in [0.29, 0.717) is 0 Å². The standard InChI is InChI=1S/C32H32N8/c1-2-10-18-17(9-1)25-33-26(18)38-28-21-13-5-6-14-22(21)30(35-28)40-32-24-16-8-7-15-23(24)31(36-32)39-29-20-12-4-3-11-19(20)27(34-29)37-25/h1-26,29-30,33H,(H,34,37)(H,35,38)(H,36,39,40). The molecule has 8 bridgehead atoms. The van der Waals surface area contributed by atoms with Crippen molar-refractivity contribution in [3.8, 4) is 0 Å². The zero-order valence-corrected chi connectivity index (χ0v) is 22.0. The minimum atomic E-state index is -0.0977. The number of hydrogen-bond donors (Lipinski definition) is 4. The highest BCUT2D eigenvalue weighted by Gasteiger charge is 2.47. The first kappa shape index (κ1) is 22.7. The maximum atomic E-state index is 5.35. The van der Waals surface area contributed by atoms with Crippen LogP contribution in [-0.2, 0) is 0 Å². The molecule has 0 saturated carbocycles. The van der Waals surface area contributed by atoms with Gasteiger partial charge in [-0.1, -0.05) is 97.2 Å². The van der Waals surface area contributed by atoms with Crippen molar-refractivity contribution >= 4 is 23.3 Å². The van der Waals surface area contributed by atoms with Gasteiger partial charge in [0.15, 0.2) is 0 Å². The third kappa shape index (κ3) is 3.41. The maximum absolute atomic E-state index is 5.35. The van der Waals surface area contributed by atoms with Crippen LogP contribution in [0.15, 0.2) is 117 Å². The Morgan fingerprint density at radius 3 is 1.23 bits per heavy atom. The van der Waals surface area contributed by atoms with Crippen molar-refractivity contribution in [3.63, 3.8) is 0 Å². The first-order valence-corrected chi connectivity index (χ1v) is 14.6. The number of amidine groups is 4. The van der Waals surface area contributed by atoms with E-state index in [-0.39, 0.29) is 72.0 Å². The molecule has 0 aromatic heterocycles. The molecule has 8 nitrogen and oxygen atoms in total. The van der Waals surface area contributed by atoms with Gasteiger partial charge in [0, 0.05) is 47.3 Å². The van der Waals surface area contributed by atoms with Crippen molar-refractivity contribution in [2.45, 2.75) is 24.7 Å². The summed E-state index contributed by atoms with van der Waals surface area (Å²) in [6.45, 7) is 0. The second-order valence-corrected chi connectivity index (χ2v) is 11.9. The molecule has 9 aliphatic rings. The topological polar surface area (TPSA) is 97.6 Å². The molecular formula is C32H32N8. The predicted octanol–water partition coefficient (Wildman–Crippen LogP) is 2.74. The van der Waals surface area contributed by atoms with E-state index in [4.69, 9.17) is 20.0 Å². The van der Waals surface area contributed by atoms with Crippen molar-refractivity contribution in [2.75, 3.05) is 0 Å². The van der Waals surface area contributed by atoms with Crippen molar-refractivity contribution in [1.29, 1.82) is 0 Å². The molecule has 5 aliphatic heterocycles. The zero-order chi connectivity index (χ0) is 26.2. The van der Waals surface area contributed by atoms with Crippen LogP contribution in [0.4, 0.5) is 0 Å². The summed E-state index contributed by atoms with van der Waals surface area (Å²) < 4.78 is 0. The maximum Gasteiger partial charge on any atom is 0.128 e. The molecule has 200 valence electrons. The van der Waals surface area contributed by atoms with Crippen molar-refractivity contribution in [1.82, 2.24) is 21.3 Å². The van der Waals surface area contributed by atoms with E-state index < -0.39 is 0 Å². The van der Waals surface area contributed by atoms with Crippen molar-refractivity contribution in [3.05, 3.63) is 97.2 Å². The molecule has 0 spiro atoms. The van der Waals surface area contributed by atoms with Gasteiger partial charge in [-0.15, -0.1) is 0 Å². The quantitative estimate of drug-likeness (QED) is 0.389. The minimum absolute atomic E-state index is 0.0675. The lowest BCUT2D eigenvalue weighted by Crippen LogP contribution is -2.37. The number of rotatable bonds is 0. The summed E-state index contributed by atoms with van der Waals surface area (Å²) in [6, 6.07) is 0. The number of nitrogens with zero attached hydrogens (tertiary/aromatic N) is 4. The van der Waals surface area contributed by atoms with Gasteiger partial charge < -0.3 is 16.0 Å². The average Bonchev–Trinajstić information content (AvgIpc) is 3.73. The van der Waals surface area contributed by atoms with Crippen LogP contribution in [0.1, 0.15) is 0 Å². The molecule has 0 aromatic carbocycles. The molecule has 4 N–H and O–H groups in total. The summed E-state index contributed by atoms with van der Waals surface area (Å²) in [5.74, 6) is 5.49. The van der Waals surface area contributed by atoms with Gasteiger partial charge in [-0.05, 0) is 0 Å². The molecular weight excluding hydrogens is 496 g/mol. The Bertz CT molecular complexity index is 1390. The van der Waals surface area contributed by atoms with Gasteiger partial charge in [-0.25, -0.2) is 9.98 Å². The minimum Gasteiger partial charge on any atom is -0.351 e. The van der Waals surface area contributed by atoms with E-state index in [0.717, 1.165) is 23.3 Å². The van der Waals surface area contributed by atoms with Crippen LogP contribution in [0.3, 0.4) is 0 Å². The second-order valence-electron chi connectivity index (χ2n) is 11.9. The fourth-order valence-corrected chi connectivity index (χ4v) is 7.75. The summed E-state index contributed by atoms with van der Waals surface area (Å²) in [4.78, 5) is 21.4. The average molecular weight is 529 g/mol. The molecule has 40 heavy (non-hydrogen) atoms. The highest BCUT2D eigenvalue weighted by atomic mass is 15.3. The van der Waals surface area contributed by atoms with Gasteiger partial charge >= 0.3 is 0 Å². The van der Waals surface area contributed by atoms with Crippen LogP contribution in [0.5, 0.6) is 0 Å². The third-order valence-electron chi connectivity index (χ3n) is 9.74. The van der Waals surface area contributed by atoms with Crippen LogP contribution < -0.4 is 21.3 Å². The SMILES string of the molecule is C1=CC2/C3=N/C4N/C(=N\C5NC(/N=C6\NC(/N=C(\N3)C2C=C1)C1C=CC=CC61)C1C=CC=CC51)C1C=CC=CC41. The predicted molar refractivity (Wildman–Crippen MR) is 158 cm³/mol. The van der Waals surface area contributed by atoms with Crippen molar-refractivity contribution in [2.24, 2.45) is 67.3 Å². The van der Waals surface area contributed by atoms with Gasteiger partial charge in [-0.2, -0.15) is 0 Å². The first-order chi connectivity index (χ1) is 19.8. The van der Waals surface area contributed by atoms with E-state index >= 15 is 0 Å². The third-order valence-corrected chi connectivity index (χ3v) is 9.74.